The van der Waals surface area contributed by atoms with Crippen molar-refractivity contribution >= 4 is 55.5 Å². The SMILES string of the molecule is COc1ccc2nc(Nc3ncnc(Nc4cccc(C(C)=O)c4)c3N)sc2c1. The number of ether oxygens (including phenoxy) is 1. The fourth-order valence-electron chi connectivity index (χ4n) is 2.73. The molecule has 2 aromatic heterocycles. The second-order valence-corrected chi connectivity index (χ2v) is 7.25. The van der Waals surface area contributed by atoms with Gasteiger partial charge in [0.1, 0.15) is 17.8 Å². The Bertz CT molecular complexity index is 1210. The van der Waals surface area contributed by atoms with E-state index < -0.39 is 0 Å². The van der Waals surface area contributed by atoms with Crippen LogP contribution < -0.4 is 21.1 Å². The van der Waals surface area contributed by atoms with E-state index in [1.54, 1.807) is 25.3 Å². The molecule has 0 spiro atoms. The van der Waals surface area contributed by atoms with Gasteiger partial charge in [-0.05, 0) is 37.3 Å². The molecule has 9 heteroatoms. The zero-order valence-electron chi connectivity index (χ0n) is 15.8. The van der Waals surface area contributed by atoms with Gasteiger partial charge in [0.25, 0.3) is 0 Å². The number of thiazole rings is 1. The van der Waals surface area contributed by atoms with Crippen molar-refractivity contribution in [1.82, 2.24) is 15.0 Å². The number of nitrogens with one attached hydrogen (secondary N) is 2. The standard InChI is InChI=1S/C20H18N6O2S/c1-11(27)12-4-3-5-13(8-12)24-18-17(21)19(23-10-22-18)26-20-25-15-7-6-14(28-2)9-16(15)29-20/h3-10H,21H2,1-2H3,(H2,22,23,24,25,26). The van der Waals surface area contributed by atoms with Gasteiger partial charge >= 0.3 is 0 Å². The number of ketones is 1. The van der Waals surface area contributed by atoms with Crippen LogP contribution in [0.5, 0.6) is 5.75 Å². The van der Waals surface area contributed by atoms with Crippen molar-refractivity contribution in [3.05, 3.63) is 54.4 Å². The van der Waals surface area contributed by atoms with Crippen LogP contribution in [0.15, 0.2) is 48.8 Å². The summed E-state index contributed by atoms with van der Waals surface area (Å²) in [6, 6.07) is 12.8. The molecule has 0 aliphatic carbocycles. The molecular weight excluding hydrogens is 388 g/mol. The smallest absolute Gasteiger partial charge is 0.189 e. The number of nitrogen functional groups attached to an aromatic ring is 1. The van der Waals surface area contributed by atoms with E-state index in [1.165, 1.54) is 24.6 Å². The number of methoxy groups -OCH3 is 1. The number of nitrogens with two attached hydrogens (primary N) is 1. The van der Waals surface area contributed by atoms with Gasteiger partial charge in [0, 0.05) is 11.3 Å². The number of carbonyl (C=O) groups is 1. The number of hydrogen-bond acceptors (Lipinski definition) is 9. The van der Waals surface area contributed by atoms with Crippen molar-refractivity contribution in [2.45, 2.75) is 6.92 Å². The normalized spacial score (nSPS) is 10.7. The van der Waals surface area contributed by atoms with E-state index >= 15 is 0 Å². The fourth-order valence-corrected chi connectivity index (χ4v) is 3.63. The Morgan fingerprint density at radius 2 is 1.90 bits per heavy atom. The average Bonchev–Trinajstić information content (AvgIpc) is 3.12. The Morgan fingerprint density at radius 1 is 1.10 bits per heavy atom. The van der Waals surface area contributed by atoms with Gasteiger partial charge in [-0.25, -0.2) is 15.0 Å². The maximum absolute atomic E-state index is 11.6. The molecule has 0 bridgehead atoms. The van der Waals surface area contributed by atoms with E-state index in [4.69, 9.17) is 10.5 Å². The Balaban J connectivity index is 1.60. The van der Waals surface area contributed by atoms with Crippen molar-refractivity contribution in [2.24, 2.45) is 0 Å². The van der Waals surface area contributed by atoms with Crippen molar-refractivity contribution < 1.29 is 9.53 Å². The third-order valence-electron chi connectivity index (χ3n) is 4.24. The van der Waals surface area contributed by atoms with Crippen LogP contribution in [0, 0.1) is 0 Å². The van der Waals surface area contributed by atoms with Crippen LogP contribution in [0.4, 0.5) is 28.1 Å². The molecule has 0 fully saturated rings. The number of nitrogens with zero attached hydrogens (tertiary/aromatic N) is 3. The average molecular weight is 406 g/mol. The lowest BCUT2D eigenvalue weighted by Crippen LogP contribution is -2.05. The van der Waals surface area contributed by atoms with Crippen LogP contribution in [-0.2, 0) is 0 Å². The maximum atomic E-state index is 11.6. The first-order valence-electron chi connectivity index (χ1n) is 8.73. The predicted octanol–water partition coefficient (Wildman–Crippen LogP) is 4.37. The quantitative estimate of drug-likeness (QED) is 0.404. The van der Waals surface area contributed by atoms with Crippen LogP contribution in [0.25, 0.3) is 10.2 Å². The molecule has 0 unspecified atom stereocenters. The maximum Gasteiger partial charge on any atom is 0.189 e. The van der Waals surface area contributed by atoms with E-state index in [0.29, 0.717) is 33.7 Å². The molecule has 0 aliphatic heterocycles. The first-order chi connectivity index (χ1) is 14.0. The number of aromatic nitrogens is 3. The molecule has 8 nitrogen and oxygen atoms in total. The summed E-state index contributed by atoms with van der Waals surface area (Å²) in [7, 11) is 1.63. The van der Waals surface area contributed by atoms with E-state index in [1.807, 2.05) is 24.3 Å². The molecule has 2 aromatic carbocycles. The third kappa shape index (κ3) is 3.94. The van der Waals surface area contributed by atoms with Crippen LogP contribution in [0.3, 0.4) is 0 Å². The Hall–Kier alpha value is -3.72. The number of rotatable bonds is 6. The summed E-state index contributed by atoms with van der Waals surface area (Å²) in [5, 5.41) is 6.94. The van der Waals surface area contributed by atoms with Crippen molar-refractivity contribution in [3.63, 3.8) is 0 Å². The largest absolute Gasteiger partial charge is 0.497 e. The fraction of sp³-hybridized carbons (Fsp3) is 0.100. The van der Waals surface area contributed by atoms with Gasteiger partial charge in [-0.15, -0.1) is 0 Å². The van der Waals surface area contributed by atoms with Crippen molar-refractivity contribution in [3.8, 4) is 5.75 Å². The minimum Gasteiger partial charge on any atom is -0.497 e. The predicted molar refractivity (Wildman–Crippen MR) is 116 cm³/mol. The molecule has 2 heterocycles. The summed E-state index contributed by atoms with van der Waals surface area (Å²) in [4.78, 5) is 24.6. The Kier molecular flexibility index (Phi) is 4.96. The number of carbonyl (C=O) groups excluding carboxylic acids is 1. The lowest BCUT2D eigenvalue weighted by Gasteiger charge is -2.11. The first kappa shape index (κ1) is 18.6. The van der Waals surface area contributed by atoms with E-state index in [-0.39, 0.29) is 5.78 Å². The van der Waals surface area contributed by atoms with Gasteiger partial charge in [0.2, 0.25) is 0 Å². The molecule has 4 N–H and O–H groups in total. The van der Waals surface area contributed by atoms with E-state index in [0.717, 1.165) is 16.0 Å². The molecule has 0 radical (unpaired) electrons. The highest BCUT2D eigenvalue weighted by Crippen LogP contribution is 2.33. The molecule has 0 aliphatic rings. The number of hydrogen-bond donors (Lipinski definition) is 3. The van der Waals surface area contributed by atoms with E-state index in [2.05, 4.69) is 25.6 Å². The van der Waals surface area contributed by atoms with Crippen LogP contribution in [0.1, 0.15) is 17.3 Å². The summed E-state index contributed by atoms with van der Waals surface area (Å²) in [6.45, 7) is 1.52. The number of anilines is 5. The molecule has 146 valence electrons. The highest BCUT2D eigenvalue weighted by atomic mass is 32.1. The molecule has 0 saturated carbocycles. The Morgan fingerprint density at radius 3 is 2.66 bits per heavy atom. The molecule has 0 amide bonds. The van der Waals surface area contributed by atoms with Gasteiger partial charge in [-0.1, -0.05) is 23.5 Å². The van der Waals surface area contributed by atoms with Crippen LogP contribution in [-0.4, -0.2) is 27.8 Å². The highest BCUT2D eigenvalue weighted by molar-refractivity contribution is 7.22. The topological polar surface area (TPSA) is 115 Å². The number of benzene rings is 2. The van der Waals surface area contributed by atoms with Crippen molar-refractivity contribution in [2.75, 3.05) is 23.5 Å². The summed E-state index contributed by atoms with van der Waals surface area (Å²) in [5.74, 6) is 1.63. The third-order valence-corrected chi connectivity index (χ3v) is 5.17. The highest BCUT2D eigenvalue weighted by Gasteiger charge is 2.12. The minimum atomic E-state index is -0.0147. The lowest BCUT2D eigenvalue weighted by atomic mass is 10.1. The van der Waals surface area contributed by atoms with Gasteiger partial charge in [-0.2, -0.15) is 0 Å². The summed E-state index contributed by atoms with van der Waals surface area (Å²) in [6.07, 6.45) is 1.41. The van der Waals surface area contributed by atoms with Crippen LogP contribution >= 0.6 is 11.3 Å². The monoisotopic (exact) mass is 406 g/mol. The van der Waals surface area contributed by atoms with Gasteiger partial charge in [-0.3, -0.25) is 4.79 Å². The second-order valence-electron chi connectivity index (χ2n) is 6.22. The summed E-state index contributed by atoms with van der Waals surface area (Å²) in [5.41, 5.74) is 8.77. The Labute approximate surface area is 170 Å². The van der Waals surface area contributed by atoms with E-state index in [9.17, 15) is 4.79 Å². The molecule has 4 rings (SSSR count). The molecule has 4 aromatic rings. The van der Waals surface area contributed by atoms with Crippen LogP contribution in [0.2, 0.25) is 0 Å². The minimum absolute atomic E-state index is 0.0147. The molecule has 0 saturated heterocycles. The zero-order valence-corrected chi connectivity index (χ0v) is 16.6. The first-order valence-corrected chi connectivity index (χ1v) is 9.55. The molecular formula is C20H18N6O2S. The van der Waals surface area contributed by atoms with Gasteiger partial charge in [0.15, 0.2) is 22.6 Å². The second kappa shape index (κ2) is 7.72. The van der Waals surface area contributed by atoms with Crippen molar-refractivity contribution in [1.29, 1.82) is 0 Å². The molecule has 29 heavy (non-hydrogen) atoms. The van der Waals surface area contributed by atoms with Gasteiger partial charge < -0.3 is 21.1 Å². The van der Waals surface area contributed by atoms with Gasteiger partial charge in [0.05, 0.1) is 17.3 Å². The molecule has 0 atom stereocenters. The summed E-state index contributed by atoms with van der Waals surface area (Å²) < 4.78 is 6.24. The summed E-state index contributed by atoms with van der Waals surface area (Å²) >= 11 is 1.47. The number of Topliss-reactive ketones (excluding diaryl/α,β-unsaturated/α-hetero) is 1. The zero-order chi connectivity index (χ0) is 20.4. The lowest BCUT2D eigenvalue weighted by molar-refractivity contribution is 0.101. The number of fused-ring (bicyclic) bond motifs is 1.